The summed E-state index contributed by atoms with van der Waals surface area (Å²) in [6, 6.07) is 12.8. The van der Waals surface area contributed by atoms with E-state index in [4.69, 9.17) is 0 Å². The minimum atomic E-state index is -0.437. The zero-order chi connectivity index (χ0) is 19.4. The maximum absolute atomic E-state index is 12.8. The number of nitro groups is 1. The Balaban J connectivity index is 1.73. The molecule has 1 aromatic carbocycles. The lowest BCUT2D eigenvalue weighted by molar-refractivity contribution is -0.380. The van der Waals surface area contributed by atoms with Crippen LogP contribution in [0.3, 0.4) is 0 Å². The molecule has 0 aliphatic carbocycles. The third-order valence-corrected chi connectivity index (χ3v) is 5.91. The number of aliphatic hydroxyl groups is 1. The zero-order valence-corrected chi connectivity index (χ0v) is 16.0. The van der Waals surface area contributed by atoms with Crippen molar-refractivity contribution in [3.05, 3.63) is 63.0 Å². The number of β-amino-alcohol motifs (C(OH)–C–C–N with tert-alkyl or cyclic N) is 1. The summed E-state index contributed by atoms with van der Waals surface area (Å²) in [5.41, 5.74) is 1.03. The Morgan fingerprint density at radius 1 is 1.37 bits per heavy atom. The number of likely N-dealkylation sites (tertiary alicyclic amines) is 1. The number of amides is 1. The molecular formula is C19H23N3O4S. The normalized spacial score (nSPS) is 18.4. The van der Waals surface area contributed by atoms with Gasteiger partial charge in [0.05, 0.1) is 23.5 Å². The number of rotatable bonds is 7. The minimum Gasteiger partial charge on any atom is -0.392 e. The van der Waals surface area contributed by atoms with Crippen LogP contribution in [0.5, 0.6) is 0 Å². The van der Waals surface area contributed by atoms with Gasteiger partial charge >= 0.3 is 5.00 Å². The van der Waals surface area contributed by atoms with E-state index in [-0.39, 0.29) is 29.5 Å². The Labute approximate surface area is 162 Å². The fraction of sp³-hybridized carbons (Fsp3) is 0.421. The van der Waals surface area contributed by atoms with Gasteiger partial charge in [-0.2, -0.15) is 0 Å². The van der Waals surface area contributed by atoms with Crippen LogP contribution in [0.25, 0.3) is 0 Å². The minimum absolute atomic E-state index is 0.0473. The van der Waals surface area contributed by atoms with Crippen LogP contribution in [-0.4, -0.2) is 58.5 Å². The standard InChI is InChI=1S/C19H23N3O4S/c1-20(18(24)11-16-7-8-19(27-16)22(25)26)17(14-5-3-2-4-6-14)13-21-10-9-15(23)12-21/h2-8,15,17,23H,9-13H2,1H3. The highest BCUT2D eigenvalue weighted by Crippen LogP contribution is 2.27. The molecule has 1 saturated heterocycles. The highest BCUT2D eigenvalue weighted by molar-refractivity contribution is 7.15. The molecule has 8 heteroatoms. The predicted octanol–water partition coefficient (Wildman–Crippen LogP) is 2.47. The van der Waals surface area contributed by atoms with Gasteiger partial charge in [0.15, 0.2) is 0 Å². The molecule has 0 bridgehead atoms. The summed E-state index contributed by atoms with van der Waals surface area (Å²) in [7, 11) is 1.77. The van der Waals surface area contributed by atoms with Crippen LogP contribution < -0.4 is 0 Å². The van der Waals surface area contributed by atoms with Crippen LogP contribution in [-0.2, 0) is 11.2 Å². The molecule has 1 amide bonds. The molecule has 2 unspecified atom stereocenters. The van der Waals surface area contributed by atoms with Gasteiger partial charge in [0, 0.05) is 37.6 Å². The Hall–Kier alpha value is -2.29. The van der Waals surface area contributed by atoms with Crippen LogP contribution in [0.4, 0.5) is 5.00 Å². The molecule has 2 aromatic rings. The van der Waals surface area contributed by atoms with E-state index in [1.54, 1.807) is 18.0 Å². The van der Waals surface area contributed by atoms with Gasteiger partial charge in [0.25, 0.3) is 0 Å². The lowest BCUT2D eigenvalue weighted by atomic mass is 10.0. The summed E-state index contributed by atoms with van der Waals surface area (Å²) in [4.78, 5) is 27.8. The quantitative estimate of drug-likeness (QED) is 0.581. The third kappa shape index (κ3) is 4.91. The fourth-order valence-corrected chi connectivity index (χ4v) is 4.17. The number of benzene rings is 1. The summed E-state index contributed by atoms with van der Waals surface area (Å²) in [6.07, 6.45) is 0.577. The molecule has 3 rings (SSSR count). The second-order valence-corrected chi connectivity index (χ2v) is 7.95. The van der Waals surface area contributed by atoms with Gasteiger partial charge in [-0.1, -0.05) is 41.7 Å². The molecule has 1 aliphatic rings. The average Bonchev–Trinajstić information content (AvgIpc) is 3.29. The maximum atomic E-state index is 12.8. The number of thiophene rings is 1. The van der Waals surface area contributed by atoms with Crippen LogP contribution in [0.15, 0.2) is 42.5 Å². The van der Waals surface area contributed by atoms with Crippen LogP contribution in [0.2, 0.25) is 0 Å². The maximum Gasteiger partial charge on any atom is 0.324 e. The topological polar surface area (TPSA) is 86.9 Å². The van der Waals surface area contributed by atoms with E-state index < -0.39 is 4.92 Å². The second-order valence-electron chi connectivity index (χ2n) is 6.81. The first-order valence-electron chi connectivity index (χ1n) is 8.88. The molecule has 0 radical (unpaired) electrons. The molecule has 1 N–H and O–H groups in total. The summed E-state index contributed by atoms with van der Waals surface area (Å²) in [5.74, 6) is -0.0830. The van der Waals surface area contributed by atoms with Crippen molar-refractivity contribution in [2.75, 3.05) is 26.7 Å². The van der Waals surface area contributed by atoms with E-state index in [1.165, 1.54) is 6.07 Å². The smallest absolute Gasteiger partial charge is 0.324 e. The molecule has 1 aliphatic heterocycles. The number of nitrogens with zero attached hydrogens (tertiary/aromatic N) is 3. The van der Waals surface area contributed by atoms with Crippen molar-refractivity contribution in [1.29, 1.82) is 0 Å². The van der Waals surface area contributed by atoms with Gasteiger partial charge in [-0.25, -0.2) is 0 Å². The summed E-state index contributed by atoms with van der Waals surface area (Å²) in [5, 5.41) is 20.7. The lowest BCUT2D eigenvalue weighted by Gasteiger charge is -2.32. The molecule has 1 aromatic heterocycles. The van der Waals surface area contributed by atoms with Crippen molar-refractivity contribution in [3.8, 4) is 0 Å². The second kappa shape index (κ2) is 8.60. The largest absolute Gasteiger partial charge is 0.392 e. The number of carbonyl (C=O) groups is 1. The first kappa shape index (κ1) is 19.5. The monoisotopic (exact) mass is 389 g/mol. The van der Waals surface area contributed by atoms with Crippen LogP contribution >= 0.6 is 11.3 Å². The lowest BCUT2D eigenvalue weighted by Crippen LogP contribution is -2.39. The third-order valence-electron chi connectivity index (χ3n) is 4.88. The van der Waals surface area contributed by atoms with Crippen molar-refractivity contribution in [2.45, 2.75) is 25.0 Å². The Morgan fingerprint density at radius 2 is 2.11 bits per heavy atom. The van der Waals surface area contributed by atoms with E-state index in [1.807, 2.05) is 30.3 Å². The van der Waals surface area contributed by atoms with Gasteiger partial charge < -0.3 is 10.0 Å². The van der Waals surface area contributed by atoms with Crippen molar-refractivity contribution in [3.63, 3.8) is 0 Å². The van der Waals surface area contributed by atoms with Crippen LogP contribution in [0.1, 0.15) is 22.9 Å². The molecular weight excluding hydrogens is 366 g/mol. The van der Waals surface area contributed by atoms with Crippen molar-refractivity contribution >= 4 is 22.2 Å². The van der Waals surface area contributed by atoms with Gasteiger partial charge in [-0.15, -0.1) is 0 Å². The highest BCUT2D eigenvalue weighted by atomic mass is 32.1. The number of aliphatic hydroxyl groups excluding tert-OH is 1. The summed E-state index contributed by atoms with van der Waals surface area (Å²) in [6.45, 7) is 2.07. The molecule has 2 atom stereocenters. The van der Waals surface area contributed by atoms with E-state index in [0.717, 1.165) is 29.9 Å². The Kier molecular flexibility index (Phi) is 6.20. The highest BCUT2D eigenvalue weighted by Gasteiger charge is 2.28. The number of hydrogen-bond acceptors (Lipinski definition) is 6. The van der Waals surface area contributed by atoms with Crippen molar-refractivity contribution in [2.24, 2.45) is 0 Å². The van der Waals surface area contributed by atoms with E-state index in [9.17, 15) is 20.0 Å². The van der Waals surface area contributed by atoms with E-state index in [2.05, 4.69) is 4.90 Å². The fourth-order valence-electron chi connectivity index (χ4n) is 3.36. The van der Waals surface area contributed by atoms with Gasteiger partial charge in [-0.05, 0) is 18.1 Å². The molecule has 1 fully saturated rings. The molecule has 27 heavy (non-hydrogen) atoms. The Bertz CT molecular complexity index is 795. The van der Waals surface area contributed by atoms with Crippen molar-refractivity contribution in [1.82, 2.24) is 9.80 Å². The number of likely N-dealkylation sites (N-methyl/N-ethyl adjacent to an activating group) is 1. The molecule has 144 valence electrons. The van der Waals surface area contributed by atoms with Gasteiger partial charge in [-0.3, -0.25) is 19.8 Å². The van der Waals surface area contributed by atoms with E-state index in [0.29, 0.717) is 18.0 Å². The van der Waals surface area contributed by atoms with Gasteiger partial charge in [0.1, 0.15) is 0 Å². The Morgan fingerprint density at radius 3 is 2.70 bits per heavy atom. The molecule has 7 nitrogen and oxygen atoms in total. The summed E-state index contributed by atoms with van der Waals surface area (Å²) < 4.78 is 0. The van der Waals surface area contributed by atoms with Crippen molar-refractivity contribution < 1.29 is 14.8 Å². The van der Waals surface area contributed by atoms with Crippen LogP contribution in [0, 0.1) is 10.1 Å². The first-order valence-corrected chi connectivity index (χ1v) is 9.70. The predicted molar refractivity (Wildman–Crippen MR) is 104 cm³/mol. The first-order chi connectivity index (χ1) is 12.9. The van der Waals surface area contributed by atoms with Gasteiger partial charge in [0.2, 0.25) is 5.91 Å². The molecule has 0 saturated carbocycles. The van der Waals surface area contributed by atoms with E-state index >= 15 is 0 Å². The SMILES string of the molecule is CN(C(=O)Cc1ccc([N+](=O)[O-])s1)C(CN1CCC(O)C1)c1ccccc1. The average molecular weight is 389 g/mol. The zero-order valence-electron chi connectivity index (χ0n) is 15.2. The molecule has 0 spiro atoms. The summed E-state index contributed by atoms with van der Waals surface area (Å²) >= 11 is 1.04. The number of carbonyl (C=O) groups excluding carboxylic acids is 1. The number of hydrogen-bond donors (Lipinski definition) is 1. The molecule has 2 heterocycles.